The number of alkyl halides is 3. The van der Waals surface area contributed by atoms with Crippen molar-refractivity contribution < 1.29 is 33.5 Å². The number of nitrogens with one attached hydrogen (secondary N) is 4. The summed E-state index contributed by atoms with van der Waals surface area (Å²) >= 11 is 30.6. The highest BCUT2D eigenvalue weighted by molar-refractivity contribution is 6.32. The fraction of sp³-hybridized carbons (Fsp3) is 0.217. The Morgan fingerprint density at radius 1 is 0.576 bits per heavy atom. The minimum absolute atomic E-state index is 0.0305. The zero-order chi connectivity index (χ0) is 47.9. The van der Waals surface area contributed by atoms with Crippen molar-refractivity contribution in [2.45, 2.75) is 51.3 Å². The summed E-state index contributed by atoms with van der Waals surface area (Å²) in [7, 11) is 0. The molecular formula is C46H41Cl5N8O7. The molecule has 342 valence electrons. The van der Waals surface area contributed by atoms with Gasteiger partial charge in [-0.2, -0.15) is 20.5 Å². The first-order valence-corrected chi connectivity index (χ1v) is 22.2. The van der Waals surface area contributed by atoms with Crippen LogP contribution in [-0.2, 0) is 32.0 Å². The van der Waals surface area contributed by atoms with E-state index in [1.165, 1.54) is 61.5 Å². The number of azo groups is 2. The number of hydrogen-bond donors (Lipinski definition) is 4. The minimum Gasteiger partial charge on any atom is -0.473 e. The number of anilines is 4. The van der Waals surface area contributed by atoms with Gasteiger partial charge in [0.25, 0.3) is 23.6 Å². The molecule has 3 atom stereocenters. The molecule has 0 saturated heterocycles. The topological polar surface area (TPSA) is 209 Å². The van der Waals surface area contributed by atoms with Crippen LogP contribution >= 0.6 is 58.0 Å². The predicted octanol–water partition coefficient (Wildman–Crippen LogP) is 11.4. The second-order valence-electron chi connectivity index (χ2n) is 14.3. The van der Waals surface area contributed by atoms with E-state index in [0.717, 1.165) is 25.0 Å². The van der Waals surface area contributed by atoms with Crippen LogP contribution in [0.15, 0.2) is 124 Å². The van der Waals surface area contributed by atoms with Crippen molar-refractivity contribution >= 4 is 127 Å². The number of rotatable bonds is 20. The van der Waals surface area contributed by atoms with Gasteiger partial charge in [-0.1, -0.05) is 71.2 Å². The molecule has 5 aromatic carbocycles. The SMILES string of the molecule is CC(=O)C(N=Nc1cc(Cl)cc(C(=O)Nc2ccccc2CCCl)c1)C(=O)Nc1ccc(NC(=O)C(N=Nc2cc(Cl)cc(C(=O)Nc3ccccc3CCCl)c2)C(C)=O)c(OC(C)Cl)c1. The lowest BCUT2D eigenvalue weighted by Gasteiger charge is -2.17. The maximum absolute atomic E-state index is 13.5. The number of benzene rings is 5. The van der Waals surface area contributed by atoms with Crippen LogP contribution < -0.4 is 26.0 Å². The Labute approximate surface area is 404 Å². The van der Waals surface area contributed by atoms with Crippen LogP contribution in [0.2, 0.25) is 10.0 Å². The molecule has 20 heteroatoms. The maximum atomic E-state index is 13.5. The summed E-state index contributed by atoms with van der Waals surface area (Å²) in [4.78, 5) is 78.7. The molecule has 5 aromatic rings. The highest BCUT2D eigenvalue weighted by Crippen LogP contribution is 2.32. The van der Waals surface area contributed by atoms with E-state index in [-0.39, 0.29) is 49.7 Å². The summed E-state index contributed by atoms with van der Waals surface area (Å²) in [5.41, 5.74) is 2.48. The van der Waals surface area contributed by atoms with E-state index < -0.39 is 52.8 Å². The molecule has 0 bridgehead atoms. The Morgan fingerprint density at radius 2 is 1.03 bits per heavy atom. The number of ether oxygens (including phenoxy) is 1. The molecule has 15 nitrogen and oxygen atoms in total. The number of ketones is 2. The highest BCUT2D eigenvalue weighted by atomic mass is 35.5. The van der Waals surface area contributed by atoms with E-state index in [1.54, 1.807) is 24.3 Å². The summed E-state index contributed by atoms with van der Waals surface area (Å²) in [6.07, 6.45) is 1.06. The number of halogens is 5. The number of aryl methyl sites for hydroxylation is 2. The van der Waals surface area contributed by atoms with E-state index in [4.69, 9.17) is 62.7 Å². The van der Waals surface area contributed by atoms with Gasteiger partial charge in [0.15, 0.2) is 17.1 Å². The maximum Gasteiger partial charge on any atom is 0.258 e. The van der Waals surface area contributed by atoms with Gasteiger partial charge in [0.1, 0.15) is 5.75 Å². The number of carbonyl (C=O) groups excluding carboxylic acids is 6. The number of Topliss-reactive ketones (excluding diaryl/α,β-unsaturated/α-hetero) is 2. The molecular weight excluding hydrogens is 954 g/mol. The van der Waals surface area contributed by atoms with Gasteiger partial charge in [-0.05, 0) is 105 Å². The molecule has 5 rings (SSSR count). The van der Waals surface area contributed by atoms with Crippen LogP contribution in [-0.4, -0.2) is 64.6 Å². The number of amides is 4. The summed E-state index contributed by atoms with van der Waals surface area (Å²) in [6, 6.07) is 23.6. The number of hydrogen-bond acceptors (Lipinski definition) is 11. The smallest absolute Gasteiger partial charge is 0.258 e. The molecule has 0 aromatic heterocycles. The summed E-state index contributed by atoms with van der Waals surface area (Å²) < 4.78 is 5.70. The monoisotopic (exact) mass is 992 g/mol. The standard InChI is InChI=1S/C46H41Cl5N8O7/c1-25(60)41(58-56-35-20-30(18-32(50)22-35)43(62)53-37-10-6-4-8-28(37)14-16-47)45(64)52-34-12-13-39(40(24-34)66-27(3)49)55-46(65)42(26(2)61)59-57-36-21-31(19-33(51)23-36)44(63)54-38-11-7-5-9-29(38)15-17-48/h4-13,18-24,27,41-42H,14-17H2,1-3H3,(H,52,64)(H,53,62)(H,54,63)(H,55,65). The Morgan fingerprint density at radius 3 is 1.47 bits per heavy atom. The van der Waals surface area contributed by atoms with Crippen molar-refractivity contribution in [3.05, 3.63) is 135 Å². The first kappa shape index (κ1) is 50.8. The first-order valence-electron chi connectivity index (χ1n) is 20.0. The largest absolute Gasteiger partial charge is 0.473 e. The van der Waals surface area contributed by atoms with Crippen molar-refractivity contribution in [3.8, 4) is 5.75 Å². The summed E-state index contributed by atoms with van der Waals surface area (Å²) in [5.74, 6) is -3.41. The lowest BCUT2D eigenvalue weighted by Crippen LogP contribution is -2.32. The zero-order valence-corrected chi connectivity index (χ0v) is 39.2. The average molecular weight is 995 g/mol. The Hall–Kier alpha value is -6.23. The molecule has 0 fully saturated rings. The molecule has 0 aliphatic rings. The van der Waals surface area contributed by atoms with E-state index in [9.17, 15) is 28.8 Å². The van der Waals surface area contributed by atoms with Gasteiger partial charge in [0.05, 0.1) is 17.1 Å². The van der Waals surface area contributed by atoms with Crippen molar-refractivity contribution in [2.24, 2.45) is 20.5 Å². The highest BCUT2D eigenvalue weighted by Gasteiger charge is 2.27. The molecule has 0 aliphatic carbocycles. The molecule has 0 aliphatic heterocycles. The van der Waals surface area contributed by atoms with Gasteiger partial charge >= 0.3 is 0 Å². The van der Waals surface area contributed by atoms with Gasteiger partial charge in [0, 0.05) is 56.1 Å². The third kappa shape index (κ3) is 14.6. The predicted molar refractivity (Wildman–Crippen MR) is 258 cm³/mol. The van der Waals surface area contributed by atoms with Crippen LogP contribution in [0.25, 0.3) is 0 Å². The first-order chi connectivity index (χ1) is 31.5. The average Bonchev–Trinajstić information content (AvgIpc) is 3.25. The fourth-order valence-corrected chi connectivity index (χ4v) is 7.07. The fourth-order valence-electron chi connectivity index (χ4n) is 6.11. The Balaban J connectivity index is 1.29. The van der Waals surface area contributed by atoms with Crippen LogP contribution in [0.4, 0.5) is 34.1 Å². The summed E-state index contributed by atoms with van der Waals surface area (Å²) in [6.45, 7) is 3.79. The lowest BCUT2D eigenvalue weighted by atomic mass is 10.1. The molecule has 0 radical (unpaired) electrons. The van der Waals surface area contributed by atoms with Gasteiger partial charge in [-0.15, -0.1) is 23.2 Å². The van der Waals surface area contributed by atoms with Gasteiger partial charge in [0.2, 0.25) is 12.1 Å². The van der Waals surface area contributed by atoms with Crippen LogP contribution in [0.5, 0.6) is 5.75 Å². The quantitative estimate of drug-likeness (QED) is 0.0336. The molecule has 0 spiro atoms. The normalized spacial score (nSPS) is 12.5. The molecule has 0 heterocycles. The summed E-state index contributed by atoms with van der Waals surface area (Å²) in [5, 5.41) is 27.2. The molecule has 0 saturated carbocycles. The van der Waals surface area contributed by atoms with E-state index >= 15 is 0 Å². The second kappa shape index (κ2) is 24.3. The second-order valence-corrected chi connectivity index (χ2v) is 16.5. The van der Waals surface area contributed by atoms with Crippen molar-refractivity contribution in [1.82, 2.24) is 0 Å². The van der Waals surface area contributed by atoms with Crippen LogP contribution in [0.3, 0.4) is 0 Å². The Bertz CT molecular complexity index is 2700. The molecule has 4 N–H and O–H groups in total. The van der Waals surface area contributed by atoms with E-state index in [1.807, 2.05) is 24.3 Å². The number of nitrogens with zero attached hydrogens (tertiary/aromatic N) is 4. The number of carbonyl (C=O) groups is 6. The van der Waals surface area contributed by atoms with Crippen LogP contribution in [0, 0.1) is 0 Å². The van der Waals surface area contributed by atoms with Gasteiger partial charge in [-0.25, -0.2) is 0 Å². The van der Waals surface area contributed by atoms with Crippen molar-refractivity contribution in [1.29, 1.82) is 0 Å². The van der Waals surface area contributed by atoms with E-state index in [0.29, 0.717) is 36.0 Å². The Kier molecular flexibility index (Phi) is 18.7. The van der Waals surface area contributed by atoms with Crippen molar-refractivity contribution in [3.63, 3.8) is 0 Å². The lowest BCUT2D eigenvalue weighted by molar-refractivity contribution is -0.127. The molecule has 3 unspecified atom stereocenters. The zero-order valence-electron chi connectivity index (χ0n) is 35.4. The van der Waals surface area contributed by atoms with Gasteiger partial charge in [-0.3, -0.25) is 28.8 Å². The number of para-hydroxylation sites is 2. The molecule has 4 amide bonds. The van der Waals surface area contributed by atoms with E-state index in [2.05, 4.69) is 41.7 Å². The third-order valence-electron chi connectivity index (χ3n) is 9.19. The third-order valence-corrected chi connectivity index (χ3v) is 10.1. The van der Waals surface area contributed by atoms with Crippen molar-refractivity contribution in [2.75, 3.05) is 33.0 Å². The molecule has 66 heavy (non-hydrogen) atoms. The van der Waals surface area contributed by atoms with Gasteiger partial charge < -0.3 is 26.0 Å². The van der Waals surface area contributed by atoms with Crippen LogP contribution in [0.1, 0.15) is 52.6 Å². The minimum atomic E-state index is -1.66.